The molecule has 0 bridgehead atoms. The molecule has 2 aromatic carbocycles. The first kappa shape index (κ1) is 17.8. The van der Waals surface area contributed by atoms with Gasteiger partial charge in [-0.2, -0.15) is 0 Å². The number of Topliss-reactive ketones (excluding diaryl/α,β-unsaturated/α-hetero) is 1. The summed E-state index contributed by atoms with van der Waals surface area (Å²) in [5.41, 5.74) is 1.96. The van der Waals surface area contributed by atoms with Crippen LogP contribution in [-0.4, -0.2) is 29.4 Å². The van der Waals surface area contributed by atoms with Crippen LogP contribution < -0.4 is 0 Å². The van der Waals surface area contributed by atoms with Gasteiger partial charge in [-0.05, 0) is 18.1 Å². The van der Waals surface area contributed by atoms with Crippen molar-refractivity contribution in [2.75, 3.05) is 0 Å². The molecule has 0 aliphatic rings. The molecule has 0 saturated heterocycles. The van der Waals surface area contributed by atoms with Gasteiger partial charge in [-0.25, -0.2) is 0 Å². The Labute approximate surface area is 141 Å². The van der Waals surface area contributed by atoms with Crippen LogP contribution in [-0.2, 0) is 27.5 Å². The number of nitrogens with zero attached hydrogens (tertiary/aromatic N) is 1. The van der Waals surface area contributed by atoms with E-state index in [-0.39, 0.29) is 6.61 Å². The van der Waals surface area contributed by atoms with Crippen LogP contribution in [0.2, 0.25) is 0 Å². The van der Waals surface area contributed by atoms with Gasteiger partial charge in [0, 0.05) is 0 Å². The molecular weight excluding hydrogens is 306 g/mol. The van der Waals surface area contributed by atoms with E-state index in [4.69, 9.17) is 14.7 Å². The van der Waals surface area contributed by atoms with E-state index < -0.39 is 18.0 Å². The summed E-state index contributed by atoms with van der Waals surface area (Å²) in [6.07, 6.45) is -0.484. The second-order valence-corrected chi connectivity index (χ2v) is 5.37. The van der Waals surface area contributed by atoms with E-state index in [0.29, 0.717) is 6.61 Å². The summed E-state index contributed by atoms with van der Waals surface area (Å²) in [6, 6.07) is 19.2. The van der Waals surface area contributed by atoms with E-state index in [1.165, 1.54) is 0 Å². The number of benzene rings is 2. The molecule has 1 N–H and O–H groups in total. The molecule has 2 aromatic rings. The fourth-order valence-corrected chi connectivity index (χ4v) is 2.23. The zero-order chi connectivity index (χ0) is 17.2. The number of carbonyl (C=O) groups is 1. The largest absolute Gasteiger partial charge is 0.411 e. The van der Waals surface area contributed by atoms with Crippen molar-refractivity contribution in [1.82, 2.24) is 0 Å². The topological polar surface area (TPSA) is 68.1 Å². The zero-order valence-electron chi connectivity index (χ0n) is 13.5. The van der Waals surface area contributed by atoms with Crippen molar-refractivity contribution in [3.8, 4) is 0 Å². The maximum atomic E-state index is 12.1. The van der Waals surface area contributed by atoms with Crippen molar-refractivity contribution in [3.63, 3.8) is 0 Å². The van der Waals surface area contributed by atoms with Gasteiger partial charge in [0.15, 0.2) is 0 Å². The van der Waals surface area contributed by atoms with Crippen molar-refractivity contribution in [1.29, 1.82) is 0 Å². The van der Waals surface area contributed by atoms with Crippen LogP contribution in [0, 0.1) is 0 Å². The highest BCUT2D eigenvalue weighted by molar-refractivity contribution is 6.29. The Balaban J connectivity index is 1.97. The molecule has 0 aromatic heterocycles. The SMILES string of the molecule is CC(OCc1ccccc1)C(OCc1ccccc1)C(=O)C=NO. The Morgan fingerprint density at radius 3 is 2.00 bits per heavy atom. The van der Waals surface area contributed by atoms with E-state index in [1.807, 2.05) is 60.7 Å². The lowest BCUT2D eigenvalue weighted by molar-refractivity contribution is -0.136. The third kappa shape index (κ3) is 5.61. The van der Waals surface area contributed by atoms with Crippen molar-refractivity contribution < 1.29 is 19.5 Å². The van der Waals surface area contributed by atoms with E-state index in [0.717, 1.165) is 17.3 Å². The van der Waals surface area contributed by atoms with E-state index >= 15 is 0 Å². The van der Waals surface area contributed by atoms with E-state index in [2.05, 4.69) is 5.16 Å². The molecule has 2 rings (SSSR count). The predicted octanol–water partition coefficient (Wildman–Crippen LogP) is 3.21. The fourth-order valence-electron chi connectivity index (χ4n) is 2.23. The van der Waals surface area contributed by atoms with Crippen LogP contribution in [0.3, 0.4) is 0 Å². The molecule has 0 amide bonds. The van der Waals surface area contributed by atoms with Gasteiger partial charge in [0.25, 0.3) is 0 Å². The molecule has 0 aliphatic carbocycles. The monoisotopic (exact) mass is 327 g/mol. The molecule has 0 radical (unpaired) electrons. The smallest absolute Gasteiger partial charge is 0.208 e. The third-order valence-corrected chi connectivity index (χ3v) is 3.52. The predicted molar refractivity (Wildman–Crippen MR) is 91.0 cm³/mol. The molecular formula is C19H21NO4. The van der Waals surface area contributed by atoms with Crippen LogP contribution in [0.4, 0.5) is 0 Å². The summed E-state index contributed by atoms with van der Waals surface area (Å²) in [5.74, 6) is -0.436. The van der Waals surface area contributed by atoms with Crippen LogP contribution in [0.15, 0.2) is 65.8 Å². The lowest BCUT2D eigenvalue weighted by Gasteiger charge is -2.22. The standard InChI is InChI=1S/C19H21NO4/c1-15(23-13-16-8-4-2-5-9-16)19(18(21)12-20-22)24-14-17-10-6-3-7-11-17/h2-12,15,19,22H,13-14H2,1H3. The second-order valence-electron chi connectivity index (χ2n) is 5.37. The summed E-state index contributed by atoms with van der Waals surface area (Å²) in [4.78, 5) is 12.1. The number of oxime groups is 1. The van der Waals surface area contributed by atoms with Crippen molar-refractivity contribution in [2.45, 2.75) is 32.3 Å². The van der Waals surface area contributed by atoms with E-state index in [1.54, 1.807) is 6.92 Å². The Hall–Kier alpha value is -2.50. The van der Waals surface area contributed by atoms with Crippen molar-refractivity contribution in [2.24, 2.45) is 5.16 Å². The van der Waals surface area contributed by atoms with Crippen molar-refractivity contribution >= 4 is 12.0 Å². The maximum Gasteiger partial charge on any atom is 0.208 e. The summed E-state index contributed by atoms with van der Waals surface area (Å²) in [6.45, 7) is 2.41. The van der Waals surface area contributed by atoms with Gasteiger partial charge in [0.2, 0.25) is 5.78 Å². The molecule has 2 unspecified atom stereocenters. The van der Waals surface area contributed by atoms with E-state index in [9.17, 15) is 4.79 Å². The first-order valence-electron chi connectivity index (χ1n) is 7.73. The average molecular weight is 327 g/mol. The Kier molecular flexibility index (Phi) is 7.14. The van der Waals surface area contributed by atoms with Gasteiger partial charge in [0.1, 0.15) is 12.3 Å². The Morgan fingerprint density at radius 1 is 1.00 bits per heavy atom. The highest BCUT2D eigenvalue weighted by Crippen LogP contribution is 2.12. The third-order valence-electron chi connectivity index (χ3n) is 3.52. The minimum atomic E-state index is -0.843. The van der Waals surface area contributed by atoms with Crippen LogP contribution in [0.5, 0.6) is 0 Å². The van der Waals surface area contributed by atoms with Gasteiger partial charge in [-0.3, -0.25) is 4.79 Å². The first-order valence-corrected chi connectivity index (χ1v) is 7.73. The minimum Gasteiger partial charge on any atom is -0.411 e. The quantitative estimate of drug-likeness (QED) is 0.436. The molecule has 0 saturated carbocycles. The van der Waals surface area contributed by atoms with Gasteiger partial charge >= 0.3 is 0 Å². The fraction of sp³-hybridized carbons (Fsp3) is 0.263. The lowest BCUT2D eigenvalue weighted by atomic mass is 10.1. The Morgan fingerprint density at radius 2 is 1.50 bits per heavy atom. The molecule has 126 valence electrons. The number of hydrogen-bond acceptors (Lipinski definition) is 5. The highest BCUT2D eigenvalue weighted by atomic mass is 16.5. The number of rotatable bonds is 9. The molecule has 0 fully saturated rings. The highest BCUT2D eigenvalue weighted by Gasteiger charge is 2.26. The van der Waals surface area contributed by atoms with Crippen LogP contribution in [0.1, 0.15) is 18.1 Å². The first-order chi connectivity index (χ1) is 11.7. The molecule has 0 spiro atoms. The maximum absolute atomic E-state index is 12.1. The Bertz CT molecular complexity index is 643. The minimum absolute atomic E-state index is 0.273. The molecule has 0 heterocycles. The normalized spacial score (nSPS) is 13.7. The van der Waals surface area contributed by atoms with Gasteiger partial charge < -0.3 is 14.7 Å². The zero-order valence-corrected chi connectivity index (χ0v) is 13.5. The molecule has 0 aliphatic heterocycles. The molecule has 5 heteroatoms. The summed E-state index contributed by atoms with van der Waals surface area (Å²) < 4.78 is 11.5. The average Bonchev–Trinajstić information content (AvgIpc) is 2.62. The second kappa shape index (κ2) is 9.60. The summed E-state index contributed by atoms with van der Waals surface area (Å²) in [5, 5.41) is 11.4. The molecule has 24 heavy (non-hydrogen) atoms. The van der Waals surface area contributed by atoms with Crippen LogP contribution >= 0.6 is 0 Å². The van der Waals surface area contributed by atoms with Gasteiger partial charge in [0.05, 0.1) is 19.3 Å². The van der Waals surface area contributed by atoms with Crippen molar-refractivity contribution in [3.05, 3.63) is 71.8 Å². The van der Waals surface area contributed by atoms with Gasteiger partial charge in [-0.1, -0.05) is 65.8 Å². The number of ketones is 1. The van der Waals surface area contributed by atoms with Gasteiger partial charge in [-0.15, -0.1) is 0 Å². The van der Waals surface area contributed by atoms with Crippen LogP contribution in [0.25, 0.3) is 0 Å². The lowest BCUT2D eigenvalue weighted by Crippen LogP contribution is -2.37. The number of hydrogen-bond donors (Lipinski definition) is 1. The molecule has 2 atom stereocenters. The summed E-state index contributed by atoms with van der Waals surface area (Å²) >= 11 is 0. The summed E-state index contributed by atoms with van der Waals surface area (Å²) in [7, 11) is 0. The number of carbonyl (C=O) groups excluding carboxylic acids is 1. The number of ether oxygens (including phenoxy) is 2. The molecule has 5 nitrogen and oxygen atoms in total.